The molecule has 5 nitrogen and oxygen atoms in total. The molecule has 0 fully saturated rings. The van der Waals surface area contributed by atoms with E-state index in [1.807, 2.05) is 18.2 Å². The summed E-state index contributed by atoms with van der Waals surface area (Å²) in [4.78, 5) is 12.8. The third-order valence-corrected chi connectivity index (χ3v) is 3.69. The molecule has 1 N–H and O–H groups in total. The Kier molecular flexibility index (Phi) is 5.01. The summed E-state index contributed by atoms with van der Waals surface area (Å²) in [6, 6.07) is 14.1. The zero-order valence-electron chi connectivity index (χ0n) is 14.1. The van der Waals surface area contributed by atoms with E-state index in [9.17, 15) is 0 Å². The molecule has 24 heavy (non-hydrogen) atoms. The van der Waals surface area contributed by atoms with Crippen molar-refractivity contribution in [2.75, 3.05) is 13.2 Å². The maximum atomic E-state index is 5.86. The molecule has 0 aliphatic rings. The van der Waals surface area contributed by atoms with Crippen LogP contribution in [0.25, 0.3) is 11.2 Å². The molecule has 1 aromatic carbocycles. The number of fused-ring (bicyclic) bond motifs is 1. The number of ether oxygens (including phenoxy) is 1. The summed E-state index contributed by atoms with van der Waals surface area (Å²) < 4.78 is 5.86. The van der Waals surface area contributed by atoms with Gasteiger partial charge in [0.1, 0.15) is 5.52 Å². The third kappa shape index (κ3) is 4.49. The summed E-state index contributed by atoms with van der Waals surface area (Å²) in [5.74, 6) is 0.583. The van der Waals surface area contributed by atoms with Crippen LogP contribution in [0.15, 0.2) is 54.9 Å². The largest absolute Gasteiger partial charge is 0.477 e. The molecule has 0 atom stereocenters. The van der Waals surface area contributed by atoms with Crippen LogP contribution in [0, 0.1) is 5.41 Å². The summed E-state index contributed by atoms with van der Waals surface area (Å²) in [5.41, 5.74) is 2.65. The predicted molar refractivity (Wildman–Crippen MR) is 94.8 cm³/mol. The Morgan fingerprint density at radius 1 is 1.00 bits per heavy atom. The van der Waals surface area contributed by atoms with Gasteiger partial charge in [-0.25, -0.2) is 4.98 Å². The van der Waals surface area contributed by atoms with Gasteiger partial charge in [0, 0.05) is 37.0 Å². The molecule has 0 aliphatic heterocycles. The molecule has 0 unspecified atom stereocenters. The number of aromatic nitrogens is 3. The van der Waals surface area contributed by atoms with Crippen molar-refractivity contribution in [1.82, 2.24) is 20.3 Å². The van der Waals surface area contributed by atoms with Gasteiger partial charge in [0.05, 0.1) is 6.61 Å². The van der Waals surface area contributed by atoms with Crippen molar-refractivity contribution in [3.63, 3.8) is 0 Å². The topological polar surface area (TPSA) is 59.9 Å². The Labute approximate surface area is 142 Å². The molecule has 0 radical (unpaired) electrons. The maximum Gasteiger partial charge on any atom is 0.215 e. The summed E-state index contributed by atoms with van der Waals surface area (Å²) in [5, 5.41) is 3.49. The van der Waals surface area contributed by atoms with Crippen molar-refractivity contribution in [2.45, 2.75) is 20.4 Å². The van der Waals surface area contributed by atoms with Crippen LogP contribution in [0.3, 0.4) is 0 Å². The maximum absolute atomic E-state index is 5.86. The van der Waals surface area contributed by atoms with Crippen LogP contribution in [0.2, 0.25) is 0 Å². The van der Waals surface area contributed by atoms with Gasteiger partial charge < -0.3 is 10.1 Å². The Bertz CT molecular complexity index is 789. The first-order chi connectivity index (χ1) is 11.6. The van der Waals surface area contributed by atoms with E-state index in [1.54, 1.807) is 12.4 Å². The fourth-order valence-corrected chi connectivity index (χ4v) is 2.38. The zero-order valence-corrected chi connectivity index (χ0v) is 14.1. The summed E-state index contributed by atoms with van der Waals surface area (Å²) >= 11 is 0. The number of nitrogens with one attached hydrogen (secondary N) is 1. The van der Waals surface area contributed by atoms with E-state index in [4.69, 9.17) is 4.74 Å². The first kappa shape index (κ1) is 16.3. The molecular weight excluding hydrogens is 300 g/mol. The predicted octanol–water partition coefficient (Wildman–Crippen LogP) is 3.22. The van der Waals surface area contributed by atoms with E-state index in [0.717, 1.165) is 18.6 Å². The number of rotatable bonds is 7. The first-order valence-electron chi connectivity index (χ1n) is 8.08. The average Bonchev–Trinajstić information content (AvgIpc) is 2.61. The number of benzene rings is 1. The lowest BCUT2D eigenvalue weighted by atomic mass is 9.95. The van der Waals surface area contributed by atoms with E-state index in [-0.39, 0.29) is 5.41 Å². The van der Waals surface area contributed by atoms with Crippen molar-refractivity contribution in [3.8, 4) is 5.88 Å². The minimum atomic E-state index is -0.00617. The van der Waals surface area contributed by atoms with Crippen LogP contribution >= 0.6 is 0 Å². The van der Waals surface area contributed by atoms with E-state index in [0.29, 0.717) is 18.1 Å². The van der Waals surface area contributed by atoms with Crippen molar-refractivity contribution < 1.29 is 4.74 Å². The van der Waals surface area contributed by atoms with Gasteiger partial charge in [0.15, 0.2) is 5.65 Å². The Balaban J connectivity index is 1.51. The monoisotopic (exact) mass is 322 g/mol. The van der Waals surface area contributed by atoms with Crippen molar-refractivity contribution in [3.05, 3.63) is 60.4 Å². The van der Waals surface area contributed by atoms with Crippen LogP contribution in [-0.2, 0) is 6.54 Å². The van der Waals surface area contributed by atoms with Crippen LogP contribution in [0.4, 0.5) is 0 Å². The highest BCUT2D eigenvalue weighted by Gasteiger charge is 2.19. The second-order valence-electron chi connectivity index (χ2n) is 6.59. The van der Waals surface area contributed by atoms with Gasteiger partial charge in [-0.05, 0) is 11.6 Å². The Hall–Kier alpha value is -2.53. The number of nitrogens with zero attached hydrogens (tertiary/aromatic N) is 3. The van der Waals surface area contributed by atoms with Gasteiger partial charge in [-0.1, -0.05) is 44.2 Å². The van der Waals surface area contributed by atoms with Gasteiger partial charge in [0.25, 0.3) is 0 Å². The number of hydrogen-bond donors (Lipinski definition) is 1. The molecule has 2 heterocycles. The first-order valence-corrected chi connectivity index (χ1v) is 8.08. The highest BCUT2D eigenvalue weighted by molar-refractivity contribution is 5.69. The highest BCUT2D eigenvalue weighted by Crippen LogP contribution is 2.18. The molecule has 0 amide bonds. The lowest BCUT2D eigenvalue weighted by molar-refractivity contribution is 0.171. The molecule has 2 aromatic heterocycles. The lowest BCUT2D eigenvalue weighted by Gasteiger charge is -2.25. The van der Waals surface area contributed by atoms with Crippen molar-refractivity contribution >= 4 is 11.2 Å². The van der Waals surface area contributed by atoms with E-state index < -0.39 is 0 Å². The molecular formula is C19H22N4O. The summed E-state index contributed by atoms with van der Waals surface area (Å²) in [6.45, 7) is 6.63. The molecule has 0 saturated heterocycles. The van der Waals surface area contributed by atoms with E-state index in [1.165, 1.54) is 5.56 Å². The van der Waals surface area contributed by atoms with Crippen molar-refractivity contribution in [1.29, 1.82) is 0 Å². The van der Waals surface area contributed by atoms with Crippen LogP contribution < -0.4 is 10.1 Å². The summed E-state index contributed by atoms with van der Waals surface area (Å²) in [6.07, 6.45) is 3.29. The molecule has 0 bridgehead atoms. The minimum Gasteiger partial charge on any atom is -0.477 e. The quantitative estimate of drug-likeness (QED) is 0.724. The van der Waals surface area contributed by atoms with Crippen LogP contribution in [0.1, 0.15) is 19.4 Å². The minimum absolute atomic E-state index is 0.00617. The lowest BCUT2D eigenvalue weighted by Crippen LogP contribution is -2.34. The number of pyridine rings is 1. The third-order valence-electron chi connectivity index (χ3n) is 3.69. The second-order valence-corrected chi connectivity index (χ2v) is 6.59. The fourth-order valence-electron chi connectivity index (χ4n) is 2.38. The molecule has 3 rings (SSSR count). The van der Waals surface area contributed by atoms with Crippen LogP contribution in [-0.4, -0.2) is 28.1 Å². The molecule has 0 spiro atoms. The fraction of sp³-hybridized carbons (Fsp3) is 0.316. The van der Waals surface area contributed by atoms with Gasteiger partial charge in [0.2, 0.25) is 5.88 Å². The Morgan fingerprint density at radius 3 is 2.62 bits per heavy atom. The zero-order chi connectivity index (χ0) is 16.8. The normalized spacial score (nSPS) is 11.6. The molecule has 5 heteroatoms. The average molecular weight is 322 g/mol. The highest BCUT2D eigenvalue weighted by atomic mass is 16.5. The van der Waals surface area contributed by atoms with Crippen LogP contribution in [0.5, 0.6) is 5.88 Å². The molecule has 0 saturated carbocycles. The standard InChI is InChI=1S/C19H22N4O/c1-19(2,13-20-12-15-6-4-3-5-7-15)14-24-17-9-8-16-18(23-17)22-11-10-21-16/h3-11,20H,12-14H2,1-2H3. The van der Waals surface area contributed by atoms with E-state index in [2.05, 4.69) is 58.4 Å². The summed E-state index contributed by atoms with van der Waals surface area (Å²) in [7, 11) is 0. The SMILES string of the molecule is CC(C)(CNCc1ccccc1)COc1ccc2nccnc2n1. The smallest absolute Gasteiger partial charge is 0.215 e. The van der Waals surface area contributed by atoms with Crippen molar-refractivity contribution in [2.24, 2.45) is 5.41 Å². The van der Waals surface area contributed by atoms with Gasteiger partial charge in [-0.15, -0.1) is 0 Å². The second kappa shape index (κ2) is 7.36. The molecule has 124 valence electrons. The Morgan fingerprint density at radius 2 is 1.79 bits per heavy atom. The molecule has 3 aromatic rings. The van der Waals surface area contributed by atoms with Gasteiger partial charge in [-0.2, -0.15) is 4.98 Å². The molecule has 0 aliphatic carbocycles. The van der Waals surface area contributed by atoms with E-state index >= 15 is 0 Å². The number of hydrogen-bond acceptors (Lipinski definition) is 5. The van der Waals surface area contributed by atoms with Gasteiger partial charge >= 0.3 is 0 Å². The van der Waals surface area contributed by atoms with Gasteiger partial charge in [-0.3, -0.25) is 4.98 Å².